The van der Waals surface area contributed by atoms with Gasteiger partial charge < -0.3 is 10.2 Å². The van der Waals surface area contributed by atoms with Crippen molar-refractivity contribution in [2.75, 3.05) is 19.8 Å². The SMILES string of the molecule is CN(CC(=O)N(Cc1ccccc1)C(Cc1ccccc1)C(=O)NCc1ccccn1)S(C)(=O)=O. The molecule has 0 fully saturated rings. The van der Waals surface area contributed by atoms with Crippen LogP contribution >= 0.6 is 0 Å². The molecule has 1 N–H and O–H groups in total. The van der Waals surface area contributed by atoms with Gasteiger partial charge in [-0.15, -0.1) is 0 Å². The number of carbonyl (C=O) groups is 2. The first-order valence-electron chi connectivity index (χ1n) is 11.2. The highest BCUT2D eigenvalue weighted by Gasteiger charge is 2.31. The van der Waals surface area contributed by atoms with Gasteiger partial charge in [-0.25, -0.2) is 8.42 Å². The maximum Gasteiger partial charge on any atom is 0.243 e. The molecule has 0 radical (unpaired) electrons. The minimum atomic E-state index is -3.58. The molecule has 2 aromatic carbocycles. The Morgan fingerprint density at radius 2 is 1.51 bits per heavy atom. The fraction of sp³-hybridized carbons (Fsp3) is 0.269. The lowest BCUT2D eigenvalue weighted by Crippen LogP contribution is -2.52. The number of hydrogen-bond acceptors (Lipinski definition) is 5. The molecule has 9 heteroatoms. The van der Waals surface area contributed by atoms with Gasteiger partial charge in [-0.05, 0) is 23.3 Å². The molecule has 0 aliphatic heterocycles. The van der Waals surface area contributed by atoms with Gasteiger partial charge >= 0.3 is 0 Å². The van der Waals surface area contributed by atoms with Gasteiger partial charge in [0.1, 0.15) is 6.04 Å². The Hall–Kier alpha value is -3.56. The molecule has 0 saturated carbocycles. The second kappa shape index (κ2) is 12.2. The molecule has 1 aromatic heterocycles. The van der Waals surface area contributed by atoms with Gasteiger partial charge in [0, 0.05) is 26.2 Å². The summed E-state index contributed by atoms with van der Waals surface area (Å²) in [5.41, 5.74) is 2.41. The number of hydrogen-bond donors (Lipinski definition) is 1. The summed E-state index contributed by atoms with van der Waals surface area (Å²) in [7, 11) is -2.23. The smallest absolute Gasteiger partial charge is 0.243 e. The molecule has 0 aliphatic rings. The molecule has 1 atom stereocenters. The highest BCUT2D eigenvalue weighted by Crippen LogP contribution is 2.16. The summed E-state index contributed by atoms with van der Waals surface area (Å²) in [5.74, 6) is -0.804. The van der Waals surface area contributed by atoms with Crippen LogP contribution in [0.15, 0.2) is 85.1 Å². The first-order chi connectivity index (χ1) is 16.7. The van der Waals surface area contributed by atoms with E-state index in [1.807, 2.05) is 66.7 Å². The second-order valence-corrected chi connectivity index (χ2v) is 10.4. The number of likely N-dealkylation sites (N-methyl/N-ethyl adjacent to an activating group) is 1. The molecule has 184 valence electrons. The molecule has 0 saturated heterocycles. The van der Waals surface area contributed by atoms with Gasteiger partial charge in [0.2, 0.25) is 21.8 Å². The predicted octanol–water partition coefficient (Wildman–Crippen LogP) is 2.23. The largest absolute Gasteiger partial charge is 0.349 e. The number of aromatic nitrogens is 1. The molecule has 1 unspecified atom stereocenters. The van der Waals surface area contributed by atoms with E-state index in [-0.39, 0.29) is 32.0 Å². The van der Waals surface area contributed by atoms with Crippen LogP contribution in [0.3, 0.4) is 0 Å². The number of sulfonamides is 1. The van der Waals surface area contributed by atoms with E-state index in [0.29, 0.717) is 5.69 Å². The van der Waals surface area contributed by atoms with Crippen LogP contribution in [0.5, 0.6) is 0 Å². The van der Waals surface area contributed by atoms with E-state index in [4.69, 9.17) is 0 Å². The zero-order valence-corrected chi connectivity index (χ0v) is 20.7. The number of carbonyl (C=O) groups excluding carboxylic acids is 2. The van der Waals surface area contributed by atoms with Crippen molar-refractivity contribution < 1.29 is 18.0 Å². The zero-order chi connectivity index (χ0) is 25.3. The van der Waals surface area contributed by atoms with Crippen LogP contribution < -0.4 is 5.32 Å². The highest BCUT2D eigenvalue weighted by molar-refractivity contribution is 7.88. The highest BCUT2D eigenvalue weighted by atomic mass is 32.2. The fourth-order valence-corrected chi connectivity index (χ4v) is 3.88. The minimum absolute atomic E-state index is 0.159. The standard InChI is InChI=1S/C26H30N4O4S/c1-29(35(2,33)34)20-25(31)30(19-22-13-7-4-8-14-22)24(17-21-11-5-3-6-12-21)26(32)28-18-23-15-9-10-16-27-23/h3-16,24H,17-20H2,1-2H3,(H,28,32). The Kier molecular flexibility index (Phi) is 9.11. The van der Waals surface area contributed by atoms with Crippen LogP contribution in [0, 0.1) is 0 Å². The van der Waals surface area contributed by atoms with Crippen LogP contribution in [0.25, 0.3) is 0 Å². The third kappa shape index (κ3) is 8.01. The Bertz CT molecular complexity index is 1210. The number of nitrogens with zero attached hydrogens (tertiary/aromatic N) is 3. The van der Waals surface area contributed by atoms with Crippen molar-refractivity contribution in [3.05, 3.63) is 102 Å². The predicted molar refractivity (Wildman–Crippen MR) is 134 cm³/mol. The van der Waals surface area contributed by atoms with E-state index in [1.54, 1.807) is 18.3 Å². The molecule has 1 heterocycles. The number of pyridine rings is 1. The van der Waals surface area contributed by atoms with Crippen molar-refractivity contribution in [2.45, 2.75) is 25.6 Å². The van der Waals surface area contributed by atoms with Crippen LogP contribution in [-0.2, 0) is 39.1 Å². The Morgan fingerprint density at radius 1 is 0.914 bits per heavy atom. The van der Waals surface area contributed by atoms with Crippen molar-refractivity contribution >= 4 is 21.8 Å². The van der Waals surface area contributed by atoms with Gasteiger partial charge in [-0.3, -0.25) is 14.6 Å². The van der Waals surface area contributed by atoms with E-state index in [0.717, 1.165) is 21.7 Å². The monoisotopic (exact) mass is 494 g/mol. The molecule has 8 nitrogen and oxygen atoms in total. The topological polar surface area (TPSA) is 99.7 Å². The maximum atomic E-state index is 13.5. The number of benzene rings is 2. The molecule has 3 rings (SSSR count). The maximum absolute atomic E-state index is 13.5. The summed E-state index contributed by atoms with van der Waals surface area (Å²) in [6.07, 6.45) is 2.97. The van der Waals surface area contributed by atoms with Gasteiger partial charge in [-0.2, -0.15) is 4.31 Å². The van der Waals surface area contributed by atoms with Crippen LogP contribution in [0.4, 0.5) is 0 Å². The van der Waals surface area contributed by atoms with Crippen LogP contribution in [0.1, 0.15) is 16.8 Å². The quantitative estimate of drug-likeness (QED) is 0.441. The first kappa shape index (κ1) is 26.1. The van der Waals surface area contributed by atoms with E-state index in [2.05, 4.69) is 10.3 Å². The van der Waals surface area contributed by atoms with E-state index >= 15 is 0 Å². The van der Waals surface area contributed by atoms with Crippen molar-refractivity contribution in [1.29, 1.82) is 0 Å². The van der Waals surface area contributed by atoms with E-state index in [9.17, 15) is 18.0 Å². The lowest BCUT2D eigenvalue weighted by atomic mass is 10.0. The summed E-state index contributed by atoms with van der Waals surface area (Å²) < 4.78 is 24.9. The molecule has 3 aromatic rings. The summed E-state index contributed by atoms with van der Waals surface area (Å²) in [6.45, 7) is -0.00215. The van der Waals surface area contributed by atoms with Crippen molar-refractivity contribution in [3.8, 4) is 0 Å². The summed E-state index contributed by atoms with van der Waals surface area (Å²) in [5, 5.41) is 2.90. The van der Waals surface area contributed by atoms with Crippen LogP contribution in [-0.4, -0.2) is 60.3 Å². The molecular formula is C26H30N4O4S. The Balaban J connectivity index is 1.92. The second-order valence-electron chi connectivity index (χ2n) is 8.27. The lowest BCUT2D eigenvalue weighted by molar-refractivity contribution is -0.141. The minimum Gasteiger partial charge on any atom is -0.349 e. The number of rotatable bonds is 11. The fourth-order valence-electron chi connectivity index (χ4n) is 3.53. The van der Waals surface area contributed by atoms with Gasteiger partial charge in [0.15, 0.2) is 0 Å². The van der Waals surface area contributed by atoms with Gasteiger partial charge in [-0.1, -0.05) is 66.7 Å². The zero-order valence-electron chi connectivity index (χ0n) is 19.9. The van der Waals surface area contributed by atoms with Crippen molar-refractivity contribution in [2.24, 2.45) is 0 Å². The lowest BCUT2D eigenvalue weighted by Gasteiger charge is -2.32. The Morgan fingerprint density at radius 3 is 2.09 bits per heavy atom. The Labute approximate surface area is 206 Å². The van der Waals surface area contributed by atoms with Crippen molar-refractivity contribution in [3.63, 3.8) is 0 Å². The van der Waals surface area contributed by atoms with Gasteiger partial charge in [0.05, 0.1) is 25.0 Å². The van der Waals surface area contributed by atoms with Crippen molar-refractivity contribution in [1.82, 2.24) is 19.5 Å². The van der Waals surface area contributed by atoms with Gasteiger partial charge in [0.25, 0.3) is 0 Å². The average Bonchev–Trinajstić information content (AvgIpc) is 2.86. The molecule has 35 heavy (non-hydrogen) atoms. The molecule has 0 aliphatic carbocycles. The van der Waals surface area contributed by atoms with E-state index in [1.165, 1.54) is 11.9 Å². The summed E-state index contributed by atoms with van der Waals surface area (Å²) in [4.78, 5) is 32.6. The molecule has 0 spiro atoms. The molecular weight excluding hydrogens is 464 g/mol. The van der Waals surface area contributed by atoms with E-state index < -0.39 is 22.0 Å². The average molecular weight is 495 g/mol. The number of nitrogens with one attached hydrogen (secondary N) is 1. The summed E-state index contributed by atoms with van der Waals surface area (Å²) >= 11 is 0. The number of amides is 2. The normalized spacial score (nSPS) is 12.2. The first-order valence-corrected chi connectivity index (χ1v) is 13.0. The van der Waals surface area contributed by atoms with Crippen LogP contribution in [0.2, 0.25) is 0 Å². The molecule has 2 amide bonds. The molecule has 0 bridgehead atoms. The summed E-state index contributed by atoms with van der Waals surface area (Å²) in [6, 6.07) is 23.3. The third-order valence-electron chi connectivity index (χ3n) is 5.56. The third-order valence-corrected chi connectivity index (χ3v) is 6.82.